The van der Waals surface area contributed by atoms with Crippen molar-refractivity contribution in [3.63, 3.8) is 0 Å². The van der Waals surface area contributed by atoms with Crippen LogP contribution >= 0.6 is 9.24 Å². The molecule has 4 rings (SSSR count). The number of hydrogen-bond acceptors (Lipinski definition) is 2. The van der Waals surface area contributed by atoms with Gasteiger partial charge < -0.3 is 10.2 Å². The second-order valence-electron chi connectivity index (χ2n) is 7.41. The monoisotopic (exact) mass is 424 g/mol. The third kappa shape index (κ3) is 4.43. The average Bonchev–Trinajstić information content (AvgIpc) is 2.79. The van der Waals surface area contributed by atoms with Crippen LogP contribution in [-0.2, 0) is 5.66 Å². The molecule has 6 heteroatoms. The highest BCUT2D eigenvalue weighted by molar-refractivity contribution is 7.17. The number of carbonyl (C=O) groups is 1. The first-order valence-electron chi connectivity index (χ1n) is 9.88. The van der Waals surface area contributed by atoms with Crippen LogP contribution in [0.25, 0.3) is 11.1 Å². The van der Waals surface area contributed by atoms with Crippen molar-refractivity contribution in [1.29, 1.82) is 0 Å². The Labute approximate surface area is 177 Å². The Balaban J connectivity index is 1.53. The van der Waals surface area contributed by atoms with Crippen LogP contribution in [0.4, 0.5) is 8.78 Å². The van der Waals surface area contributed by atoms with E-state index in [1.165, 1.54) is 6.07 Å². The molecule has 3 nitrogen and oxygen atoms in total. The Hall–Kier alpha value is -2.62. The maximum absolute atomic E-state index is 13.9. The number of nitrogens with one attached hydrogen (secondary N) is 1. The molecule has 0 bridgehead atoms. The van der Waals surface area contributed by atoms with E-state index in [2.05, 4.69) is 17.4 Å². The van der Waals surface area contributed by atoms with Crippen molar-refractivity contribution in [3.8, 4) is 11.1 Å². The molecule has 1 heterocycles. The number of rotatable bonds is 4. The molecule has 0 radical (unpaired) electrons. The first-order valence-corrected chi connectivity index (χ1v) is 10.5. The zero-order valence-corrected chi connectivity index (χ0v) is 17.5. The highest BCUT2D eigenvalue weighted by Crippen LogP contribution is 2.40. The third-order valence-electron chi connectivity index (χ3n) is 5.39. The molecule has 1 amide bonds. The largest absolute Gasteiger partial charge is 0.335 e. The van der Waals surface area contributed by atoms with Crippen molar-refractivity contribution in [1.82, 2.24) is 10.2 Å². The Morgan fingerprint density at radius 2 is 1.63 bits per heavy atom. The predicted octanol–water partition coefficient (Wildman–Crippen LogP) is 5.06. The minimum atomic E-state index is -3.02. The van der Waals surface area contributed by atoms with E-state index in [0.29, 0.717) is 29.8 Å². The molecule has 1 aliphatic rings. The fourth-order valence-corrected chi connectivity index (χ4v) is 4.10. The van der Waals surface area contributed by atoms with Gasteiger partial charge in [-0.2, -0.15) is 8.78 Å². The second kappa shape index (κ2) is 8.63. The number of piperazine rings is 1. The lowest BCUT2D eigenvalue weighted by Crippen LogP contribution is -2.48. The van der Waals surface area contributed by atoms with Gasteiger partial charge in [0.25, 0.3) is 11.6 Å². The highest BCUT2D eigenvalue weighted by atomic mass is 31.0. The summed E-state index contributed by atoms with van der Waals surface area (Å²) in [6.07, 6.45) is 0. The summed E-state index contributed by atoms with van der Waals surface area (Å²) < 4.78 is 27.8. The molecule has 1 fully saturated rings. The molecule has 1 saturated heterocycles. The van der Waals surface area contributed by atoms with Crippen molar-refractivity contribution in [3.05, 3.63) is 95.6 Å². The summed E-state index contributed by atoms with van der Waals surface area (Å²) in [6.45, 7) is 1.94. The third-order valence-corrected chi connectivity index (χ3v) is 5.70. The molecule has 0 saturated carbocycles. The van der Waals surface area contributed by atoms with Crippen molar-refractivity contribution in [2.75, 3.05) is 19.6 Å². The normalized spacial score (nSPS) is 17.0. The average molecular weight is 424 g/mol. The topological polar surface area (TPSA) is 32.3 Å². The summed E-state index contributed by atoms with van der Waals surface area (Å²) in [4.78, 5) is 14.9. The van der Waals surface area contributed by atoms with E-state index in [1.807, 2.05) is 23.1 Å². The number of nitrogens with zero attached hydrogens (tertiary/aromatic N) is 1. The zero-order valence-electron chi connectivity index (χ0n) is 16.4. The van der Waals surface area contributed by atoms with Gasteiger partial charge in [0.2, 0.25) is 0 Å². The minimum absolute atomic E-state index is 0.0476. The maximum atomic E-state index is 13.9. The van der Waals surface area contributed by atoms with Gasteiger partial charge in [-0.15, -0.1) is 0 Å². The van der Waals surface area contributed by atoms with Gasteiger partial charge in [0.05, 0.1) is 0 Å². The summed E-state index contributed by atoms with van der Waals surface area (Å²) in [7, 11) is 1.59. The molecule has 1 aliphatic heterocycles. The van der Waals surface area contributed by atoms with E-state index in [9.17, 15) is 13.6 Å². The lowest BCUT2D eigenvalue weighted by molar-refractivity contribution is 0.0703. The van der Waals surface area contributed by atoms with Crippen LogP contribution < -0.4 is 5.32 Å². The molecule has 2 atom stereocenters. The van der Waals surface area contributed by atoms with Gasteiger partial charge in [-0.1, -0.05) is 76.0 Å². The van der Waals surface area contributed by atoms with Crippen LogP contribution in [0, 0.1) is 0 Å². The Kier molecular flexibility index (Phi) is 5.94. The first-order chi connectivity index (χ1) is 14.4. The van der Waals surface area contributed by atoms with Crippen LogP contribution in [0.2, 0.25) is 0 Å². The standard InChI is InChI=1S/C24H23F2N2OP/c25-24(26,30)21-9-5-4-8-20(21)17-10-12-19(13-11-17)23(29)28-15-14-27-22(16-28)18-6-2-1-3-7-18/h1-13,22,27H,14-16,30H2. The van der Waals surface area contributed by atoms with Crippen molar-refractivity contribution >= 4 is 15.1 Å². The van der Waals surface area contributed by atoms with E-state index in [4.69, 9.17) is 0 Å². The SMILES string of the molecule is O=C(c1ccc(-c2ccccc2C(F)(F)P)cc1)N1CCNC(c2ccccc2)C1. The van der Waals surface area contributed by atoms with Crippen LogP contribution in [-0.4, -0.2) is 30.4 Å². The molecular weight excluding hydrogens is 401 g/mol. The summed E-state index contributed by atoms with van der Waals surface area (Å²) in [5, 5.41) is 3.46. The van der Waals surface area contributed by atoms with E-state index in [-0.39, 0.29) is 17.5 Å². The number of benzene rings is 3. The molecular formula is C24H23F2N2OP. The molecule has 3 aromatic carbocycles. The van der Waals surface area contributed by atoms with E-state index in [1.54, 1.807) is 51.7 Å². The van der Waals surface area contributed by atoms with Gasteiger partial charge in [0.1, 0.15) is 0 Å². The van der Waals surface area contributed by atoms with E-state index >= 15 is 0 Å². The van der Waals surface area contributed by atoms with E-state index in [0.717, 1.165) is 12.1 Å². The summed E-state index contributed by atoms with van der Waals surface area (Å²) >= 11 is 0. The number of carbonyl (C=O) groups excluding carboxylic acids is 1. The lowest BCUT2D eigenvalue weighted by atomic mass is 9.98. The predicted molar refractivity (Wildman–Crippen MR) is 119 cm³/mol. The molecule has 0 spiro atoms. The second-order valence-corrected chi connectivity index (χ2v) is 8.14. The van der Waals surface area contributed by atoms with Gasteiger partial charge in [0.15, 0.2) is 0 Å². The number of halogens is 2. The number of amides is 1. The molecule has 30 heavy (non-hydrogen) atoms. The van der Waals surface area contributed by atoms with Crippen molar-refractivity contribution in [2.45, 2.75) is 11.7 Å². The smallest absolute Gasteiger partial charge is 0.284 e. The summed E-state index contributed by atoms with van der Waals surface area (Å²) in [6, 6.07) is 23.5. The van der Waals surface area contributed by atoms with Crippen LogP contribution in [0.1, 0.15) is 27.5 Å². The summed E-state index contributed by atoms with van der Waals surface area (Å²) in [5.74, 6) is -0.0476. The maximum Gasteiger partial charge on any atom is 0.284 e. The Bertz CT molecular complexity index is 1020. The van der Waals surface area contributed by atoms with Crippen LogP contribution in [0.5, 0.6) is 0 Å². The molecule has 0 aromatic heterocycles. The molecule has 1 N–H and O–H groups in total. The van der Waals surface area contributed by atoms with Gasteiger partial charge in [-0.3, -0.25) is 4.79 Å². The quantitative estimate of drug-likeness (QED) is 0.594. The van der Waals surface area contributed by atoms with Gasteiger partial charge >= 0.3 is 0 Å². The molecule has 0 aliphatic carbocycles. The lowest BCUT2D eigenvalue weighted by Gasteiger charge is -2.34. The van der Waals surface area contributed by atoms with Gasteiger partial charge in [-0.25, -0.2) is 0 Å². The van der Waals surface area contributed by atoms with Crippen LogP contribution in [0.3, 0.4) is 0 Å². The first kappa shape index (κ1) is 20.6. The Morgan fingerprint density at radius 3 is 2.33 bits per heavy atom. The van der Waals surface area contributed by atoms with Crippen molar-refractivity contribution in [2.24, 2.45) is 0 Å². The number of hydrogen-bond donors (Lipinski definition) is 1. The van der Waals surface area contributed by atoms with E-state index < -0.39 is 5.66 Å². The van der Waals surface area contributed by atoms with Gasteiger partial charge in [-0.05, 0) is 28.8 Å². The molecule has 2 unspecified atom stereocenters. The fraction of sp³-hybridized carbons (Fsp3) is 0.208. The fourth-order valence-electron chi connectivity index (χ4n) is 3.84. The highest BCUT2D eigenvalue weighted by Gasteiger charge is 2.28. The van der Waals surface area contributed by atoms with Gasteiger partial charge in [0, 0.05) is 36.8 Å². The minimum Gasteiger partial charge on any atom is -0.335 e. The molecule has 154 valence electrons. The van der Waals surface area contributed by atoms with Crippen LogP contribution in [0.15, 0.2) is 78.9 Å². The Morgan fingerprint density at radius 1 is 0.967 bits per heavy atom. The summed E-state index contributed by atoms with van der Waals surface area (Å²) in [5.41, 5.74) is -0.238. The zero-order chi connectivity index (χ0) is 21.1. The van der Waals surface area contributed by atoms with Crippen molar-refractivity contribution < 1.29 is 13.6 Å². The molecule has 3 aromatic rings. The number of alkyl halides is 2.